The van der Waals surface area contributed by atoms with Crippen LogP contribution in [0.25, 0.3) is 0 Å². The van der Waals surface area contributed by atoms with Gasteiger partial charge in [0.15, 0.2) is 11.6 Å². The van der Waals surface area contributed by atoms with Gasteiger partial charge in [0.2, 0.25) is 0 Å². The van der Waals surface area contributed by atoms with Crippen molar-refractivity contribution < 1.29 is 14.4 Å². The molecule has 0 radical (unpaired) electrons. The lowest BCUT2D eigenvalue weighted by Crippen LogP contribution is -2.48. The van der Waals surface area contributed by atoms with Gasteiger partial charge in [-0.3, -0.25) is 14.4 Å². The zero-order valence-electron chi connectivity index (χ0n) is 16.0. The van der Waals surface area contributed by atoms with Crippen molar-refractivity contribution in [2.45, 2.75) is 32.1 Å². The van der Waals surface area contributed by atoms with Crippen molar-refractivity contribution in [1.82, 2.24) is 0 Å². The minimum Gasteiger partial charge on any atom is -0.299 e. The molecule has 5 atom stereocenters. The van der Waals surface area contributed by atoms with Crippen LogP contribution < -0.4 is 0 Å². The summed E-state index contributed by atoms with van der Waals surface area (Å²) in [6.07, 6.45) is 2.46. The van der Waals surface area contributed by atoms with Crippen LogP contribution in [0.2, 0.25) is 0 Å². The fourth-order valence-electron chi connectivity index (χ4n) is 6.03. The maximum absolute atomic E-state index is 13.4. The molecule has 142 valence electrons. The number of Topliss-reactive ketones (excluding diaryl/α,β-unsaturated/α-hetero) is 3. The van der Waals surface area contributed by atoms with Crippen molar-refractivity contribution in [1.29, 1.82) is 0 Å². The molecule has 0 saturated heterocycles. The van der Waals surface area contributed by atoms with E-state index in [2.05, 4.69) is 19.1 Å². The normalized spacial score (nSPS) is 32.5. The number of ketones is 3. The third-order valence-electron chi connectivity index (χ3n) is 7.25. The molecule has 3 aliphatic carbocycles. The van der Waals surface area contributed by atoms with E-state index in [4.69, 9.17) is 0 Å². The van der Waals surface area contributed by atoms with Crippen LogP contribution in [0.1, 0.15) is 58.4 Å². The summed E-state index contributed by atoms with van der Waals surface area (Å²) >= 11 is 0. The van der Waals surface area contributed by atoms with Gasteiger partial charge in [-0.25, -0.2) is 0 Å². The summed E-state index contributed by atoms with van der Waals surface area (Å²) in [5.74, 6) is -0.378. The molecule has 0 aliphatic heterocycles. The molecule has 2 fully saturated rings. The highest BCUT2D eigenvalue weighted by Crippen LogP contribution is 2.53. The zero-order chi connectivity index (χ0) is 19.4. The molecule has 3 aliphatic rings. The third-order valence-corrected chi connectivity index (χ3v) is 7.25. The Morgan fingerprint density at radius 1 is 0.679 bits per heavy atom. The summed E-state index contributed by atoms with van der Waals surface area (Å²) in [6, 6.07) is 17.3. The van der Waals surface area contributed by atoms with Crippen molar-refractivity contribution >= 4 is 17.3 Å². The van der Waals surface area contributed by atoms with Crippen LogP contribution in [0, 0.1) is 29.6 Å². The Bertz CT molecular complexity index is 926. The van der Waals surface area contributed by atoms with E-state index < -0.39 is 5.92 Å². The lowest BCUT2D eigenvalue weighted by molar-refractivity contribution is -0.138. The average molecular weight is 372 g/mol. The first-order valence-corrected chi connectivity index (χ1v) is 10.3. The number of hydrogen-bond acceptors (Lipinski definition) is 3. The Hall–Kier alpha value is -2.55. The molecule has 0 aromatic heterocycles. The number of carbonyl (C=O) groups excluding carboxylic acids is 3. The van der Waals surface area contributed by atoms with Gasteiger partial charge in [0.05, 0.1) is 5.92 Å². The standard InChI is InChI=1S/C25H24O3/c1-14-11-20-18(15-7-3-2-4-8-15)13-19(21(12-14)23(20)26)22-24(27)16-9-5-6-10-17(16)25(22)28/h2-10,14,18-22H,11-13H2,1H3/t14-,18+,19+,20-,21+/m1/s1. The maximum Gasteiger partial charge on any atom is 0.174 e. The quantitative estimate of drug-likeness (QED) is 0.717. The molecule has 0 unspecified atom stereocenters. The van der Waals surface area contributed by atoms with E-state index in [1.165, 1.54) is 0 Å². The minimum atomic E-state index is -0.691. The first-order valence-electron chi connectivity index (χ1n) is 10.3. The Kier molecular flexibility index (Phi) is 4.08. The summed E-state index contributed by atoms with van der Waals surface area (Å²) < 4.78 is 0. The predicted molar refractivity (Wildman–Crippen MR) is 106 cm³/mol. The van der Waals surface area contributed by atoms with E-state index in [0.29, 0.717) is 17.0 Å². The summed E-state index contributed by atoms with van der Waals surface area (Å²) in [6.45, 7) is 2.20. The molecule has 2 saturated carbocycles. The third kappa shape index (κ3) is 2.52. The maximum atomic E-state index is 13.4. The zero-order valence-corrected chi connectivity index (χ0v) is 16.0. The highest BCUT2D eigenvalue weighted by atomic mass is 16.2. The molecule has 2 bridgehead atoms. The van der Waals surface area contributed by atoms with Crippen LogP contribution in [0.3, 0.4) is 0 Å². The number of carbonyl (C=O) groups is 3. The fourth-order valence-corrected chi connectivity index (χ4v) is 6.03. The van der Waals surface area contributed by atoms with Crippen molar-refractivity contribution in [2.75, 3.05) is 0 Å². The first-order chi connectivity index (χ1) is 13.6. The van der Waals surface area contributed by atoms with Crippen molar-refractivity contribution in [2.24, 2.45) is 29.6 Å². The summed E-state index contributed by atoms with van der Waals surface area (Å²) in [5, 5.41) is 0. The minimum absolute atomic E-state index is 0.0152. The van der Waals surface area contributed by atoms with Gasteiger partial charge in [-0.05, 0) is 42.6 Å². The van der Waals surface area contributed by atoms with E-state index in [-0.39, 0.29) is 41.0 Å². The predicted octanol–water partition coefficient (Wildman–Crippen LogP) is 4.72. The molecule has 3 heteroatoms. The van der Waals surface area contributed by atoms with Crippen molar-refractivity contribution in [3.63, 3.8) is 0 Å². The van der Waals surface area contributed by atoms with Gasteiger partial charge in [0, 0.05) is 23.0 Å². The first kappa shape index (κ1) is 17.5. The lowest BCUT2D eigenvalue weighted by Gasteiger charge is -2.47. The second-order valence-corrected chi connectivity index (χ2v) is 8.86. The molecule has 28 heavy (non-hydrogen) atoms. The van der Waals surface area contributed by atoms with Gasteiger partial charge >= 0.3 is 0 Å². The molecular formula is C25H24O3. The molecule has 3 nitrogen and oxygen atoms in total. The highest BCUT2D eigenvalue weighted by Gasteiger charge is 2.54. The Morgan fingerprint density at radius 3 is 1.89 bits per heavy atom. The molecular weight excluding hydrogens is 348 g/mol. The average Bonchev–Trinajstić information content (AvgIpc) is 2.95. The molecule has 0 spiro atoms. The van der Waals surface area contributed by atoms with E-state index in [1.807, 2.05) is 30.3 Å². The van der Waals surface area contributed by atoms with Crippen LogP contribution in [0.15, 0.2) is 54.6 Å². The summed E-state index contributed by atoms with van der Waals surface area (Å²) in [5.41, 5.74) is 2.23. The topological polar surface area (TPSA) is 51.2 Å². The number of rotatable bonds is 2. The second kappa shape index (κ2) is 6.51. The van der Waals surface area contributed by atoms with E-state index in [0.717, 1.165) is 24.8 Å². The van der Waals surface area contributed by atoms with Crippen LogP contribution in [0.4, 0.5) is 0 Å². The Morgan fingerprint density at radius 2 is 1.25 bits per heavy atom. The van der Waals surface area contributed by atoms with Gasteiger partial charge in [-0.1, -0.05) is 61.5 Å². The van der Waals surface area contributed by atoms with Gasteiger partial charge < -0.3 is 0 Å². The highest BCUT2D eigenvalue weighted by molar-refractivity contribution is 6.26. The van der Waals surface area contributed by atoms with E-state index in [1.54, 1.807) is 12.1 Å². The van der Waals surface area contributed by atoms with Crippen LogP contribution in [-0.2, 0) is 4.79 Å². The molecule has 0 N–H and O–H groups in total. The monoisotopic (exact) mass is 372 g/mol. The second-order valence-electron chi connectivity index (χ2n) is 8.86. The smallest absolute Gasteiger partial charge is 0.174 e. The van der Waals surface area contributed by atoms with Gasteiger partial charge in [-0.15, -0.1) is 0 Å². The molecule has 0 amide bonds. The van der Waals surface area contributed by atoms with E-state index in [9.17, 15) is 14.4 Å². The van der Waals surface area contributed by atoms with Crippen molar-refractivity contribution in [3.05, 3.63) is 71.3 Å². The summed E-state index contributed by atoms with van der Waals surface area (Å²) in [4.78, 5) is 39.7. The fraction of sp³-hybridized carbons (Fsp3) is 0.400. The SMILES string of the molecule is C[C@H]1C[C@@H]2C(=O)[C@H](C1)[C@H](c1ccccc1)C[C@@H]2C1C(=O)c2ccccc2C1=O. The van der Waals surface area contributed by atoms with Crippen LogP contribution in [-0.4, -0.2) is 17.3 Å². The number of fused-ring (bicyclic) bond motifs is 3. The molecule has 2 aromatic rings. The van der Waals surface area contributed by atoms with Gasteiger partial charge in [-0.2, -0.15) is 0 Å². The van der Waals surface area contributed by atoms with Gasteiger partial charge in [0.1, 0.15) is 5.78 Å². The lowest BCUT2D eigenvalue weighted by atomic mass is 9.55. The largest absolute Gasteiger partial charge is 0.299 e. The molecule has 0 heterocycles. The Balaban J connectivity index is 1.57. The van der Waals surface area contributed by atoms with Crippen LogP contribution >= 0.6 is 0 Å². The number of hydrogen-bond donors (Lipinski definition) is 0. The van der Waals surface area contributed by atoms with E-state index >= 15 is 0 Å². The molecule has 2 aromatic carbocycles. The summed E-state index contributed by atoms with van der Waals surface area (Å²) in [7, 11) is 0. The van der Waals surface area contributed by atoms with Gasteiger partial charge in [0.25, 0.3) is 0 Å². The molecule has 5 rings (SSSR count). The van der Waals surface area contributed by atoms with Crippen molar-refractivity contribution in [3.8, 4) is 0 Å². The Labute approximate surface area is 165 Å². The van der Waals surface area contributed by atoms with Crippen LogP contribution in [0.5, 0.6) is 0 Å². The number of benzene rings is 2.